The van der Waals surface area contributed by atoms with Gasteiger partial charge in [-0.15, -0.1) is 6.42 Å². The lowest BCUT2D eigenvalue weighted by Gasteiger charge is -2.30. The molecule has 0 N–H and O–H groups in total. The van der Waals surface area contributed by atoms with E-state index < -0.39 is 8.07 Å². The summed E-state index contributed by atoms with van der Waals surface area (Å²) in [5.41, 5.74) is 3.08. The topological polar surface area (TPSA) is 18.5 Å². The maximum Gasteiger partial charge on any atom is 0.189 e. The van der Waals surface area contributed by atoms with E-state index in [1.165, 1.54) is 0 Å². The third-order valence-corrected chi connectivity index (χ3v) is 5.86. The van der Waals surface area contributed by atoms with Crippen LogP contribution in [0.15, 0.2) is 12.1 Å². The van der Waals surface area contributed by atoms with Gasteiger partial charge in [-0.05, 0) is 29.0 Å². The fraction of sp³-hybridized carbons (Fsp3) is 0.636. The Labute approximate surface area is 156 Å². The Balaban J connectivity index is 3.12. The second kappa shape index (κ2) is 7.97. The molecule has 0 aliphatic carbocycles. The van der Waals surface area contributed by atoms with Gasteiger partial charge in [0.2, 0.25) is 0 Å². The molecule has 0 saturated carbocycles. The van der Waals surface area contributed by atoms with Crippen molar-refractivity contribution in [3.8, 4) is 18.1 Å². The van der Waals surface area contributed by atoms with E-state index in [0.29, 0.717) is 0 Å². The molecule has 0 amide bonds. The van der Waals surface area contributed by atoms with Crippen LogP contribution in [-0.2, 0) is 15.6 Å². The van der Waals surface area contributed by atoms with Crippen LogP contribution in [0.3, 0.4) is 0 Å². The standard InChI is InChI=1S/C22H36O2Si/c1-11-17-14-18(21(2,3)4)20(19(15-17)22(5,6)7)24-16-23-12-13-25(8,9)10/h1,14-15H,12-13,16H2,2-10H3. The lowest BCUT2D eigenvalue weighted by atomic mass is 9.78. The van der Waals surface area contributed by atoms with E-state index in [0.717, 1.165) is 35.1 Å². The third-order valence-electron chi connectivity index (χ3n) is 4.15. The molecule has 0 aliphatic rings. The van der Waals surface area contributed by atoms with Crippen molar-refractivity contribution in [3.63, 3.8) is 0 Å². The van der Waals surface area contributed by atoms with Gasteiger partial charge in [0.15, 0.2) is 6.79 Å². The van der Waals surface area contributed by atoms with Crippen LogP contribution in [0.1, 0.15) is 58.2 Å². The first-order valence-electron chi connectivity index (χ1n) is 9.12. The van der Waals surface area contributed by atoms with Crippen molar-refractivity contribution in [1.82, 2.24) is 0 Å². The highest BCUT2D eigenvalue weighted by molar-refractivity contribution is 6.76. The molecule has 0 radical (unpaired) electrons. The zero-order chi connectivity index (χ0) is 19.5. The van der Waals surface area contributed by atoms with Crippen LogP contribution >= 0.6 is 0 Å². The molecule has 3 heteroatoms. The van der Waals surface area contributed by atoms with E-state index in [4.69, 9.17) is 15.9 Å². The summed E-state index contributed by atoms with van der Waals surface area (Å²) in [6.45, 7) is 21.2. The number of benzene rings is 1. The SMILES string of the molecule is C#Cc1cc(C(C)(C)C)c(OCOCC[Si](C)(C)C)c(C(C)(C)C)c1. The minimum absolute atomic E-state index is 0.0550. The molecule has 140 valence electrons. The van der Waals surface area contributed by atoms with Gasteiger partial charge in [-0.2, -0.15) is 0 Å². The first-order chi connectivity index (χ1) is 11.3. The van der Waals surface area contributed by atoms with Crippen molar-refractivity contribution in [2.45, 2.75) is 78.1 Å². The predicted molar refractivity (Wildman–Crippen MR) is 111 cm³/mol. The molecule has 0 unspecified atom stereocenters. The van der Waals surface area contributed by atoms with Crippen molar-refractivity contribution in [3.05, 3.63) is 28.8 Å². The van der Waals surface area contributed by atoms with E-state index in [1.54, 1.807) is 0 Å². The Kier molecular flexibility index (Phi) is 6.95. The van der Waals surface area contributed by atoms with Crippen LogP contribution < -0.4 is 4.74 Å². The fourth-order valence-electron chi connectivity index (χ4n) is 2.52. The van der Waals surface area contributed by atoms with Gasteiger partial charge in [0.1, 0.15) is 5.75 Å². The quantitative estimate of drug-likeness (QED) is 0.270. The number of hydrogen-bond acceptors (Lipinski definition) is 2. The average Bonchev–Trinajstić information content (AvgIpc) is 2.43. The summed E-state index contributed by atoms with van der Waals surface area (Å²) in [4.78, 5) is 0. The normalized spacial score (nSPS) is 12.8. The minimum atomic E-state index is -1.08. The maximum absolute atomic E-state index is 6.16. The first kappa shape index (κ1) is 21.8. The molecule has 0 saturated heterocycles. The van der Waals surface area contributed by atoms with Crippen molar-refractivity contribution < 1.29 is 9.47 Å². The first-order valence-corrected chi connectivity index (χ1v) is 12.8. The molecule has 1 aromatic rings. The highest BCUT2D eigenvalue weighted by atomic mass is 28.3. The maximum atomic E-state index is 6.16. The van der Waals surface area contributed by atoms with Gasteiger partial charge in [0.25, 0.3) is 0 Å². The summed E-state index contributed by atoms with van der Waals surface area (Å²) in [6.07, 6.45) is 5.69. The Morgan fingerprint density at radius 3 is 1.80 bits per heavy atom. The molecule has 0 spiro atoms. The smallest absolute Gasteiger partial charge is 0.189 e. The molecule has 1 rings (SSSR count). The van der Waals surface area contributed by atoms with Gasteiger partial charge in [-0.1, -0.05) is 67.1 Å². The molecule has 0 aromatic heterocycles. The van der Waals surface area contributed by atoms with E-state index >= 15 is 0 Å². The largest absolute Gasteiger partial charge is 0.467 e. The Morgan fingerprint density at radius 1 is 0.960 bits per heavy atom. The summed E-state index contributed by atoms with van der Waals surface area (Å²) >= 11 is 0. The van der Waals surface area contributed by atoms with Gasteiger partial charge in [-0.3, -0.25) is 0 Å². The van der Waals surface area contributed by atoms with Crippen molar-refractivity contribution in [1.29, 1.82) is 0 Å². The Morgan fingerprint density at radius 2 is 1.44 bits per heavy atom. The lowest BCUT2D eigenvalue weighted by Crippen LogP contribution is -2.23. The average molecular weight is 361 g/mol. The molecule has 25 heavy (non-hydrogen) atoms. The second-order valence-corrected chi connectivity index (χ2v) is 15.6. The van der Waals surface area contributed by atoms with Crippen LogP contribution in [0, 0.1) is 12.3 Å². The predicted octanol–water partition coefficient (Wildman–Crippen LogP) is 5.95. The zero-order valence-electron chi connectivity index (χ0n) is 17.7. The van der Waals surface area contributed by atoms with E-state index in [2.05, 4.69) is 79.2 Å². The Bertz CT molecular complexity index is 584. The second-order valence-electron chi connectivity index (χ2n) is 10.0. The molecule has 2 nitrogen and oxygen atoms in total. The van der Waals surface area contributed by atoms with Crippen molar-refractivity contribution in [2.24, 2.45) is 0 Å². The summed E-state index contributed by atoms with van der Waals surface area (Å²) in [6, 6.07) is 5.30. The van der Waals surface area contributed by atoms with Crippen molar-refractivity contribution >= 4 is 8.07 Å². The lowest BCUT2D eigenvalue weighted by molar-refractivity contribution is 0.0199. The van der Waals surface area contributed by atoms with E-state index in [9.17, 15) is 0 Å². The fourth-order valence-corrected chi connectivity index (χ4v) is 3.28. The Hall–Kier alpha value is -1.24. The number of rotatable bonds is 6. The molecular formula is C22H36O2Si. The van der Waals surface area contributed by atoms with Gasteiger partial charge in [0, 0.05) is 31.4 Å². The van der Waals surface area contributed by atoms with Gasteiger partial charge in [-0.25, -0.2) is 0 Å². The van der Waals surface area contributed by atoms with Crippen molar-refractivity contribution in [2.75, 3.05) is 13.4 Å². The van der Waals surface area contributed by atoms with Crippen LogP contribution in [0.2, 0.25) is 25.7 Å². The molecule has 0 heterocycles. The highest BCUT2D eigenvalue weighted by Crippen LogP contribution is 2.40. The van der Waals surface area contributed by atoms with Crippen LogP contribution in [0.5, 0.6) is 5.75 Å². The summed E-state index contributed by atoms with van der Waals surface area (Å²) in [5, 5.41) is 0. The molecule has 1 aromatic carbocycles. The highest BCUT2D eigenvalue weighted by Gasteiger charge is 2.27. The van der Waals surface area contributed by atoms with Gasteiger partial charge < -0.3 is 9.47 Å². The molecule has 0 atom stereocenters. The van der Waals surface area contributed by atoms with E-state index in [-0.39, 0.29) is 17.6 Å². The monoisotopic (exact) mass is 360 g/mol. The van der Waals surface area contributed by atoms with E-state index in [1.807, 2.05) is 0 Å². The van der Waals surface area contributed by atoms with Crippen LogP contribution in [-0.4, -0.2) is 21.5 Å². The third kappa shape index (κ3) is 6.88. The molecule has 0 bridgehead atoms. The summed E-state index contributed by atoms with van der Waals surface area (Å²) < 4.78 is 11.9. The molecule has 0 aliphatic heterocycles. The number of ether oxygens (including phenoxy) is 2. The van der Waals surface area contributed by atoms with Crippen LogP contribution in [0.25, 0.3) is 0 Å². The van der Waals surface area contributed by atoms with Gasteiger partial charge in [0.05, 0.1) is 0 Å². The molecule has 0 fully saturated rings. The minimum Gasteiger partial charge on any atom is -0.467 e. The number of terminal acetylenes is 1. The molecular weight excluding hydrogens is 324 g/mol. The van der Waals surface area contributed by atoms with Crippen LogP contribution in [0.4, 0.5) is 0 Å². The van der Waals surface area contributed by atoms with Gasteiger partial charge >= 0.3 is 0 Å². The zero-order valence-corrected chi connectivity index (χ0v) is 18.7. The summed E-state index contributed by atoms with van der Waals surface area (Å²) in [7, 11) is -1.08. The summed E-state index contributed by atoms with van der Waals surface area (Å²) in [5.74, 6) is 3.71. The number of hydrogen-bond donors (Lipinski definition) is 0.